The molecule has 0 aliphatic heterocycles. The molecule has 0 radical (unpaired) electrons. The lowest BCUT2D eigenvalue weighted by Crippen LogP contribution is -2.18. The van der Waals surface area contributed by atoms with Gasteiger partial charge in [-0.25, -0.2) is 8.42 Å². The molecular weight excluding hydrogens is 138 g/mol. The Bertz CT molecular complexity index is 223. The molecule has 4 heteroatoms. The summed E-state index contributed by atoms with van der Waals surface area (Å²) < 4.78 is 22.1. The first-order chi connectivity index (χ1) is 3.98. The van der Waals surface area contributed by atoms with Gasteiger partial charge < -0.3 is 0 Å². The lowest BCUT2D eigenvalue weighted by atomic mass is 10.9. The summed E-state index contributed by atoms with van der Waals surface area (Å²) >= 11 is 0. The average Bonchev–Trinajstić information content (AvgIpc) is 1.64. The molecule has 0 rings (SSSR count). The van der Waals surface area contributed by atoms with Gasteiger partial charge in [0.2, 0.25) is 10.0 Å². The highest BCUT2D eigenvalue weighted by atomic mass is 32.2. The zero-order chi connectivity index (χ0) is 7.49. The SMILES string of the molecule is C=C=CN(C)S(C)(=O)=O. The molecule has 0 amide bonds. The van der Waals surface area contributed by atoms with E-state index in [-0.39, 0.29) is 0 Å². The number of hydrogen-bond donors (Lipinski definition) is 0. The summed E-state index contributed by atoms with van der Waals surface area (Å²) in [6, 6.07) is 0. The van der Waals surface area contributed by atoms with Gasteiger partial charge in [0.15, 0.2) is 0 Å². The molecule has 0 aliphatic rings. The van der Waals surface area contributed by atoms with Crippen molar-refractivity contribution in [2.24, 2.45) is 0 Å². The first-order valence-corrected chi connectivity index (χ1v) is 4.12. The Balaban J connectivity index is 4.42. The fourth-order valence-corrected chi connectivity index (χ4v) is 0.490. The smallest absolute Gasteiger partial charge is 0.232 e. The summed E-state index contributed by atoms with van der Waals surface area (Å²) in [5, 5.41) is 0. The van der Waals surface area contributed by atoms with Crippen molar-refractivity contribution in [1.29, 1.82) is 0 Å². The van der Waals surface area contributed by atoms with Crippen LogP contribution in [0.25, 0.3) is 0 Å². The minimum absolute atomic E-state index is 1.04. The molecule has 0 heterocycles. The molecule has 0 aromatic carbocycles. The standard InChI is InChI=1S/C5H9NO2S/c1-4-5-6(2)9(3,7)8/h5H,1H2,2-3H3. The van der Waals surface area contributed by atoms with Crippen molar-refractivity contribution < 1.29 is 8.42 Å². The van der Waals surface area contributed by atoms with Crippen LogP contribution in [0.3, 0.4) is 0 Å². The Morgan fingerprint density at radius 1 is 1.67 bits per heavy atom. The predicted molar refractivity (Wildman–Crippen MR) is 36.3 cm³/mol. The third-order valence-corrected chi connectivity index (χ3v) is 1.95. The van der Waals surface area contributed by atoms with Crippen LogP contribution in [0, 0.1) is 0 Å². The predicted octanol–water partition coefficient (Wildman–Crippen LogP) is 0.176. The molecule has 9 heavy (non-hydrogen) atoms. The van der Waals surface area contributed by atoms with Gasteiger partial charge in [0.25, 0.3) is 0 Å². The van der Waals surface area contributed by atoms with Gasteiger partial charge in [-0.05, 0) is 0 Å². The van der Waals surface area contributed by atoms with Crippen molar-refractivity contribution in [3.8, 4) is 0 Å². The van der Waals surface area contributed by atoms with E-state index in [0.29, 0.717) is 0 Å². The van der Waals surface area contributed by atoms with E-state index >= 15 is 0 Å². The second kappa shape index (κ2) is 2.71. The Morgan fingerprint density at radius 3 is 2.22 bits per heavy atom. The second-order valence-electron chi connectivity index (χ2n) is 1.61. The third kappa shape index (κ3) is 2.95. The minimum Gasteiger partial charge on any atom is -0.273 e. The van der Waals surface area contributed by atoms with E-state index in [1.54, 1.807) is 0 Å². The molecule has 0 bridgehead atoms. The van der Waals surface area contributed by atoms with Gasteiger partial charge in [-0.15, -0.1) is 5.73 Å². The monoisotopic (exact) mass is 147 g/mol. The van der Waals surface area contributed by atoms with Crippen molar-refractivity contribution in [3.05, 3.63) is 18.5 Å². The summed E-state index contributed by atoms with van der Waals surface area (Å²) in [4.78, 5) is 0. The Morgan fingerprint density at radius 2 is 2.11 bits per heavy atom. The summed E-state index contributed by atoms with van der Waals surface area (Å²) in [6.07, 6.45) is 2.37. The molecular formula is C5H9NO2S. The van der Waals surface area contributed by atoms with E-state index in [0.717, 1.165) is 10.6 Å². The Labute approximate surface area is 55.3 Å². The number of sulfonamides is 1. The zero-order valence-corrected chi connectivity index (χ0v) is 6.27. The largest absolute Gasteiger partial charge is 0.273 e. The first-order valence-electron chi connectivity index (χ1n) is 2.27. The third-order valence-electron chi connectivity index (χ3n) is 0.796. The number of hydrogen-bond acceptors (Lipinski definition) is 2. The zero-order valence-electron chi connectivity index (χ0n) is 5.46. The van der Waals surface area contributed by atoms with Gasteiger partial charge in [0, 0.05) is 7.05 Å². The van der Waals surface area contributed by atoms with E-state index in [9.17, 15) is 8.42 Å². The van der Waals surface area contributed by atoms with Crippen molar-refractivity contribution in [1.82, 2.24) is 4.31 Å². The second-order valence-corrected chi connectivity index (χ2v) is 3.65. The van der Waals surface area contributed by atoms with Crippen molar-refractivity contribution in [3.63, 3.8) is 0 Å². The summed E-state index contributed by atoms with van der Waals surface area (Å²) in [7, 11) is -1.67. The average molecular weight is 147 g/mol. The van der Waals surface area contributed by atoms with Crippen LogP contribution < -0.4 is 0 Å². The quantitative estimate of drug-likeness (QED) is 0.522. The van der Waals surface area contributed by atoms with E-state index in [2.05, 4.69) is 12.3 Å². The van der Waals surface area contributed by atoms with Crippen LogP contribution in [0.2, 0.25) is 0 Å². The molecule has 0 unspecified atom stereocenters. The molecule has 3 nitrogen and oxygen atoms in total. The molecule has 0 aromatic heterocycles. The lowest BCUT2D eigenvalue weighted by molar-refractivity contribution is 0.546. The molecule has 0 saturated heterocycles. The van der Waals surface area contributed by atoms with Crippen LogP contribution in [0.15, 0.2) is 18.5 Å². The Kier molecular flexibility index (Phi) is 2.49. The Hall–Kier alpha value is -0.730. The molecule has 0 N–H and O–H groups in total. The highest BCUT2D eigenvalue weighted by molar-refractivity contribution is 7.88. The van der Waals surface area contributed by atoms with Gasteiger partial charge >= 0.3 is 0 Å². The summed E-state index contributed by atoms with van der Waals surface area (Å²) in [6.45, 7) is 3.23. The maximum atomic E-state index is 10.5. The fourth-order valence-electron chi connectivity index (χ4n) is 0.224. The molecule has 0 spiro atoms. The number of nitrogens with zero attached hydrogens (tertiary/aromatic N) is 1. The highest BCUT2D eigenvalue weighted by Gasteiger charge is 2.02. The van der Waals surface area contributed by atoms with E-state index in [4.69, 9.17) is 0 Å². The number of rotatable bonds is 2. The van der Waals surface area contributed by atoms with Crippen molar-refractivity contribution >= 4 is 10.0 Å². The van der Waals surface area contributed by atoms with Crippen LogP contribution in [0.1, 0.15) is 0 Å². The van der Waals surface area contributed by atoms with E-state index in [1.807, 2.05) is 0 Å². The van der Waals surface area contributed by atoms with Crippen LogP contribution in [-0.2, 0) is 10.0 Å². The topological polar surface area (TPSA) is 37.4 Å². The van der Waals surface area contributed by atoms with Gasteiger partial charge in [-0.2, -0.15) is 0 Å². The van der Waals surface area contributed by atoms with E-state index in [1.165, 1.54) is 13.2 Å². The van der Waals surface area contributed by atoms with Crippen LogP contribution in [0.5, 0.6) is 0 Å². The van der Waals surface area contributed by atoms with Crippen LogP contribution in [-0.4, -0.2) is 26.0 Å². The van der Waals surface area contributed by atoms with Gasteiger partial charge in [-0.3, -0.25) is 4.31 Å². The molecule has 0 aromatic rings. The van der Waals surface area contributed by atoms with Gasteiger partial charge in [0.05, 0.1) is 12.5 Å². The molecule has 0 fully saturated rings. The normalized spacial score (nSPS) is 10.0. The van der Waals surface area contributed by atoms with Crippen molar-refractivity contribution in [2.45, 2.75) is 0 Å². The maximum Gasteiger partial charge on any atom is 0.232 e. The van der Waals surface area contributed by atoms with Crippen LogP contribution >= 0.6 is 0 Å². The minimum atomic E-state index is -3.09. The first kappa shape index (κ1) is 8.27. The van der Waals surface area contributed by atoms with Gasteiger partial charge in [0.1, 0.15) is 0 Å². The van der Waals surface area contributed by atoms with Crippen LogP contribution in [0.4, 0.5) is 0 Å². The van der Waals surface area contributed by atoms with Crippen molar-refractivity contribution in [2.75, 3.05) is 13.3 Å². The molecule has 52 valence electrons. The lowest BCUT2D eigenvalue weighted by Gasteiger charge is -2.07. The van der Waals surface area contributed by atoms with E-state index < -0.39 is 10.0 Å². The molecule has 0 atom stereocenters. The highest BCUT2D eigenvalue weighted by Crippen LogP contribution is 1.90. The molecule has 0 saturated carbocycles. The molecule has 0 aliphatic carbocycles. The maximum absolute atomic E-state index is 10.5. The summed E-state index contributed by atoms with van der Waals surface area (Å²) in [5.41, 5.74) is 2.35. The fraction of sp³-hybridized carbons (Fsp3) is 0.400. The van der Waals surface area contributed by atoms with Gasteiger partial charge in [-0.1, -0.05) is 6.58 Å². The summed E-state index contributed by atoms with van der Waals surface area (Å²) in [5.74, 6) is 0.